The van der Waals surface area contributed by atoms with Crippen LogP contribution in [0.25, 0.3) is 0 Å². The first-order chi connectivity index (χ1) is 9.65. The molecule has 5 heteroatoms. The SMILES string of the molecule is CCn1ncc(Br)c1C(O)CCc1ccc(OC)cc1. The summed E-state index contributed by atoms with van der Waals surface area (Å²) in [5.74, 6) is 0.848. The number of benzene rings is 1. The van der Waals surface area contributed by atoms with Crippen molar-refractivity contribution < 1.29 is 9.84 Å². The lowest BCUT2D eigenvalue weighted by molar-refractivity contribution is 0.156. The summed E-state index contributed by atoms with van der Waals surface area (Å²) in [6, 6.07) is 7.93. The summed E-state index contributed by atoms with van der Waals surface area (Å²) in [5, 5.41) is 14.6. The number of hydrogen-bond acceptors (Lipinski definition) is 3. The van der Waals surface area contributed by atoms with Gasteiger partial charge in [0.2, 0.25) is 0 Å². The van der Waals surface area contributed by atoms with Crippen LogP contribution in [0.5, 0.6) is 5.75 Å². The molecule has 1 N–H and O–H groups in total. The number of aromatic nitrogens is 2. The Morgan fingerprint density at radius 2 is 2.05 bits per heavy atom. The molecule has 0 spiro atoms. The Hall–Kier alpha value is -1.33. The highest BCUT2D eigenvalue weighted by molar-refractivity contribution is 9.10. The molecule has 0 amide bonds. The van der Waals surface area contributed by atoms with Crippen LogP contribution in [-0.2, 0) is 13.0 Å². The summed E-state index contributed by atoms with van der Waals surface area (Å²) < 4.78 is 7.82. The number of hydrogen-bond donors (Lipinski definition) is 1. The summed E-state index contributed by atoms with van der Waals surface area (Å²) in [6.45, 7) is 2.76. The maximum atomic E-state index is 10.3. The van der Waals surface area contributed by atoms with E-state index in [0.29, 0.717) is 6.42 Å². The molecule has 2 rings (SSSR count). The summed E-state index contributed by atoms with van der Waals surface area (Å²) in [4.78, 5) is 0. The molecule has 1 aromatic heterocycles. The molecule has 1 atom stereocenters. The van der Waals surface area contributed by atoms with Crippen molar-refractivity contribution >= 4 is 15.9 Å². The number of aliphatic hydroxyl groups excluding tert-OH is 1. The standard InChI is InChI=1S/C15H19BrN2O2/c1-3-18-15(13(16)10-17-18)14(19)9-6-11-4-7-12(20-2)8-5-11/h4-5,7-8,10,14,19H,3,6,9H2,1-2H3. The van der Waals surface area contributed by atoms with E-state index in [4.69, 9.17) is 4.74 Å². The average Bonchev–Trinajstić information content (AvgIpc) is 2.86. The molecule has 2 aromatic rings. The topological polar surface area (TPSA) is 47.3 Å². The van der Waals surface area contributed by atoms with Gasteiger partial charge in [-0.2, -0.15) is 5.10 Å². The van der Waals surface area contributed by atoms with Gasteiger partial charge in [0.15, 0.2) is 0 Å². The fourth-order valence-corrected chi connectivity index (χ4v) is 2.75. The first kappa shape index (κ1) is 15.1. The first-order valence-corrected chi connectivity index (χ1v) is 7.47. The van der Waals surface area contributed by atoms with Crippen molar-refractivity contribution in [2.75, 3.05) is 7.11 Å². The van der Waals surface area contributed by atoms with Gasteiger partial charge in [-0.3, -0.25) is 4.68 Å². The zero-order valence-electron chi connectivity index (χ0n) is 11.7. The van der Waals surface area contributed by atoms with E-state index in [2.05, 4.69) is 21.0 Å². The van der Waals surface area contributed by atoms with Gasteiger partial charge in [0.1, 0.15) is 5.75 Å². The van der Waals surface area contributed by atoms with Gasteiger partial charge in [-0.05, 0) is 53.4 Å². The third kappa shape index (κ3) is 3.41. The van der Waals surface area contributed by atoms with Gasteiger partial charge < -0.3 is 9.84 Å². The average molecular weight is 339 g/mol. The van der Waals surface area contributed by atoms with Gasteiger partial charge in [-0.1, -0.05) is 12.1 Å². The molecule has 0 bridgehead atoms. The van der Waals surface area contributed by atoms with Crippen LogP contribution in [-0.4, -0.2) is 22.0 Å². The minimum atomic E-state index is -0.520. The second-order valence-electron chi connectivity index (χ2n) is 4.60. The van der Waals surface area contributed by atoms with Crippen LogP contribution in [0.4, 0.5) is 0 Å². The highest BCUT2D eigenvalue weighted by Crippen LogP contribution is 2.26. The van der Waals surface area contributed by atoms with E-state index in [9.17, 15) is 5.11 Å². The van der Waals surface area contributed by atoms with Crippen molar-refractivity contribution in [1.29, 1.82) is 0 Å². The Labute approximate surface area is 127 Å². The molecule has 0 aliphatic rings. The van der Waals surface area contributed by atoms with Crippen molar-refractivity contribution in [1.82, 2.24) is 9.78 Å². The molecule has 1 heterocycles. The number of rotatable bonds is 6. The molecular formula is C15H19BrN2O2. The molecule has 20 heavy (non-hydrogen) atoms. The van der Waals surface area contributed by atoms with Crippen molar-refractivity contribution in [3.63, 3.8) is 0 Å². The largest absolute Gasteiger partial charge is 0.497 e. The van der Waals surface area contributed by atoms with Gasteiger partial charge in [0, 0.05) is 6.54 Å². The third-order valence-corrected chi connectivity index (χ3v) is 3.92. The minimum Gasteiger partial charge on any atom is -0.497 e. The zero-order valence-corrected chi connectivity index (χ0v) is 13.3. The van der Waals surface area contributed by atoms with E-state index < -0.39 is 6.10 Å². The quantitative estimate of drug-likeness (QED) is 0.878. The molecule has 0 aliphatic carbocycles. The van der Waals surface area contributed by atoms with Crippen molar-refractivity contribution in [2.24, 2.45) is 0 Å². The van der Waals surface area contributed by atoms with Gasteiger partial charge >= 0.3 is 0 Å². The normalized spacial score (nSPS) is 12.4. The molecule has 0 radical (unpaired) electrons. The molecule has 0 saturated carbocycles. The van der Waals surface area contributed by atoms with Crippen LogP contribution in [0.2, 0.25) is 0 Å². The predicted molar refractivity (Wildman–Crippen MR) is 81.9 cm³/mol. The monoisotopic (exact) mass is 338 g/mol. The van der Waals surface area contributed by atoms with Crippen molar-refractivity contribution in [3.05, 3.63) is 46.2 Å². The van der Waals surface area contributed by atoms with Crippen LogP contribution in [0, 0.1) is 0 Å². The van der Waals surface area contributed by atoms with Crippen molar-refractivity contribution in [2.45, 2.75) is 32.4 Å². The molecule has 108 valence electrons. The lowest BCUT2D eigenvalue weighted by atomic mass is 10.0. The van der Waals surface area contributed by atoms with E-state index in [1.165, 1.54) is 5.56 Å². The van der Waals surface area contributed by atoms with E-state index in [0.717, 1.165) is 28.9 Å². The molecule has 4 nitrogen and oxygen atoms in total. The second-order valence-corrected chi connectivity index (χ2v) is 5.45. The summed E-state index contributed by atoms with van der Waals surface area (Å²) >= 11 is 3.44. The molecular weight excluding hydrogens is 320 g/mol. The van der Waals surface area contributed by atoms with Gasteiger partial charge in [-0.15, -0.1) is 0 Å². The highest BCUT2D eigenvalue weighted by Gasteiger charge is 2.17. The van der Waals surface area contributed by atoms with E-state index in [-0.39, 0.29) is 0 Å². The van der Waals surface area contributed by atoms with Gasteiger partial charge in [0.25, 0.3) is 0 Å². The first-order valence-electron chi connectivity index (χ1n) is 6.68. The number of aryl methyl sites for hydroxylation is 2. The fraction of sp³-hybridized carbons (Fsp3) is 0.400. The summed E-state index contributed by atoms with van der Waals surface area (Å²) in [5.41, 5.74) is 2.03. The number of aliphatic hydroxyl groups is 1. The van der Waals surface area contributed by atoms with Crippen LogP contribution in [0.3, 0.4) is 0 Å². The molecule has 0 saturated heterocycles. The lowest BCUT2D eigenvalue weighted by Gasteiger charge is -2.13. The molecule has 1 unspecified atom stereocenters. The number of nitrogens with zero attached hydrogens (tertiary/aromatic N) is 2. The lowest BCUT2D eigenvalue weighted by Crippen LogP contribution is -2.09. The van der Waals surface area contributed by atoms with E-state index in [1.807, 2.05) is 35.9 Å². The highest BCUT2D eigenvalue weighted by atomic mass is 79.9. The molecule has 1 aromatic carbocycles. The number of halogens is 1. The van der Waals surface area contributed by atoms with E-state index >= 15 is 0 Å². The zero-order chi connectivity index (χ0) is 14.5. The van der Waals surface area contributed by atoms with Crippen LogP contribution in [0.1, 0.15) is 30.7 Å². The Morgan fingerprint density at radius 3 is 2.65 bits per heavy atom. The van der Waals surface area contributed by atoms with Crippen LogP contribution >= 0.6 is 15.9 Å². The summed E-state index contributed by atoms with van der Waals surface area (Å²) in [7, 11) is 1.65. The van der Waals surface area contributed by atoms with Crippen LogP contribution in [0.15, 0.2) is 34.9 Å². The third-order valence-electron chi connectivity index (χ3n) is 3.31. The Balaban J connectivity index is 2.00. The number of ether oxygens (including phenoxy) is 1. The fourth-order valence-electron chi connectivity index (χ4n) is 2.19. The second kappa shape index (κ2) is 6.90. The minimum absolute atomic E-state index is 0.520. The Kier molecular flexibility index (Phi) is 5.20. The summed E-state index contributed by atoms with van der Waals surface area (Å²) in [6.07, 6.45) is 2.69. The number of methoxy groups -OCH3 is 1. The maximum Gasteiger partial charge on any atom is 0.118 e. The molecule has 0 aliphatic heterocycles. The maximum absolute atomic E-state index is 10.3. The van der Waals surface area contributed by atoms with Gasteiger partial charge in [-0.25, -0.2) is 0 Å². The predicted octanol–water partition coefficient (Wildman–Crippen LogP) is 3.34. The smallest absolute Gasteiger partial charge is 0.118 e. The van der Waals surface area contributed by atoms with Gasteiger partial charge in [0.05, 0.1) is 29.6 Å². The van der Waals surface area contributed by atoms with Crippen molar-refractivity contribution in [3.8, 4) is 5.75 Å². The Bertz CT molecular complexity index is 552. The molecule has 0 fully saturated rings. The van der Waals surface area contributed by atoms with E-state index in [1.54, 1.807) is 13.3 Å². The van der Waals surface area contributed by atoms with Crippen LogP contribution < -0.4 is 4.74 Å². The Morgan fingerprint density at radius 1 is 1.35 bits per heavy atom.